The normalized spacial score (nSPS) is 10.6. The summed E-state index contributed by atoms with van der Waals surface area (Å²) in [5, 5.41) is 0.777. The Morgan fingerprint density at radius 2 is 1.84 bits per heavy atom. The van der Waals surface area contributed by atoms with Crippen molar-refractivity contribution in [2.45, 2.75) is 0 Å². The van der Waals surface area contributed by atoms with Crippen molar-refractivity contribution in [2.24, 2.45) is 0 Å². The summed E-state index contributed by atoms with van der Waals surface area (Å²) in [6, 6.07) is 14.7. The minimum atomic E-state index is -0.413. The molecule has 2 nitrogen and oxygen atoms in total. The van der Waals surface area contributed by atoms with E-state index in [1.165, 1.54) is 18.2 Å². The maximum Gasteiger partial charge on any atom is 0.193 e. The van der Waals surface area contributed by atoms with Crippen molar-refractivity contribution in [2.75, 3.05) is 0 Å². The second kappa shape index (κ2) is 4.61. The first-order valence-corrected chi connectivity index (χ1v) is 5.90. The fraction of sp³-hybridized carbons (Fsp3) is 0. The monoisotopic (exact) mass is 251 g/mol. The van der Waals surface area contributed by atoms with Crippen molar-refractivity contribution >= 4 is 16.7 Å². The highest BCUT2D eigenvalue weighted by atomic mass is 19.1. The molecule has 1 heterocycles. The molecule has 0 aliphatic heterocycles. The van der Waals surface area contributed by atoms with Gasteiger partial charge in [-0.2, -0.15) is 0 Å². The van der Waals surface area contributed by atoms with Gasteiger partial charge in [-0.15, -0.1) is 0 Å². The van der Waals surface area contributed by atoms with Crippen molar-refractivity contribution in [1.82, 2.24) is 4.98 Å². The third-order valence-corrected chi connectivity index (χ3v) is 2.98. The van der Waals surface area contributed by atoms with E-state index in [4.69, 9.17) is 0 Å². The summed E-state index contributed by atoms with van der Waals surface area (Å²) in [5.74, 6) is -0.609. The minimum Gasteiger partial charge on any atom is -0.289 e. The van der Waals surface area contributed by atoms with Gasteiger partial charge < -0.3 is 0 Å². The van der Waals surface area contributed by atoms with Gasteiger partial charge in [-0.1, -0.05) is 30.3 Å². The summed E-state index contributed by atoms with van der Waals surface area (Å²) in [6.45, 7) is 0. The highest BCUT2D eigenvalue weighted by Crippen LogP contribution is 2.20. The molecular formula is C16H10FNO. The van der Waals surface area contributed by atoms with E-state index in [1.54, 1.807) is 30.5 Å². The number of halogens is 1. The number of benzene rings is 2. The molecule has 0 atom stereocenters. The number of hydrogen-bond acceptors (Lipinski definition) is 2. The van der Waals surface area contributed by atoms with Gasteiger partial charge in [-0.25, -0.2) is 4.39 Å². The number of aromatic nitrogens is 1. The van der Waals surface area contributed by atoms with E-state index in [9.17, 15) is 9.18 Å². The predicted molar refractivity (Wildman–Crippen MR) is 71.6 cm³/mol. The summed E-state index contributed by atoms with van der Waals surface area (Å²) in [6.07, 6.45) is 1.68. The van der Waals surface area contributed by atoms with E-state index in [-0.39, 0.29) is 5.78 Å². The van der Waals surface area contributed by atoms with Crippen molar-refractivity contribution in [3.05, 3.63) is 77.7 Å². The van der Waals surface area contributed by atoms with Crippen molar-refractivity contribution in [3.8, 4) is 0 Å². The lowest BCUT2D eigenvalue weighted by Crippen LogP contribution is -2.02. The molecule has 0 N–H and O–H groups in total. The van der Waals surface area contributed by atoms with Crippen LogP contribution >= 0.6 is 0 Å². The molecule has 0 saturated heterocycles. The first-order chi connectivity index (χ1) is 9.25. The zero-order chi connectivity index (χ0) is 13.2. The van der Waals surface area contributed by atoms with Crippen LogP contribution in [0.4, 0.5) is 4.39 Å². The molecule has 0 aliphatic carbocycles. The Balaban J connectivity index is 2.17. The summed E-state index contributed by atoms with van der Waals surface area (Å²) in [5.41, 5.74) is 1.64. The lowest BCUT2D eigenvalue weighted by Gasteiger charge is -2.05. The largest absolute Gasteiger partial charge is 0.289 e. The number of carbonyl (C=O) groups excluding carboxylic acids is 1. The molecule has 1 aromatic heterocycles. The lowest BCUT2D eigenvalue weighted by molar-refractivity contribution is 0.104. The van der Waals surface area contributed by atoms with Crippen LogP contribution in [0.15, 0.2) is 60.8 Å². The highest BCUT2D eigenvalue weighted by Gasteiger charge is 2.12. The fourth-order valence-corrected chi connectivity index (χ4v) is 2.09. The molecule has 0 amide bonds. The molecule has 0 aliphatic rings. The van der Waals surface area contributed by atoms with E-state index in [2.05, 4.69) is 4.98 Å². The number of nitrogens with zero attached hydrogens (tertiary/aromatic N) is 1. The second-order valence-corrected chi connectivity index (χ2v) is 4.22. The third kappa shape index (κ3) is 2.10. The molecule has 0 bridgehead atoms. The Morgan fingerprint density at radius 3 is 2.68 bits per heavy atom. The SMILES string of the molecule is O=C(c1cccc(F)c1)c1cccc2ncccc12. The van der Waals surface area contributed by atoms with Gasteiger partial charge in [0, 0.05) is 22.7 Å². The van der Waals surface area contributed by atoms with E-state index in [0.29, 0.717) is 11.1 Å². The van der Waals surface area contributed by atoms with Crippen LogP contribution in [-0.2, 0) is 0 Å². The Hall–Kier alpha value is -2.55. The van der Waals surface area contributed by atoms with Crippen LogP contribution < -0.4 is 0 Å². The summed E-state index contributed by atoms with van der Waals surface area (Å²) in [4.78, 5) is 16.6. The maximum atomic E-state index is 13.2. The Bertz CT molecular complexity index is 762. The van der Waals surface area contributed by atoms with Gasteiger partial charge >= 0.3 is 0 Å². The predicted octanol–water partition coefficient (Wildman–Crippen LogP) is 3.60. The summed E-state index contributed by atoms with van der Waals surface area (Å²) >= 11 is 0. The molecule has 92 valence electrons. The van der Waals surface area contributed by atoms with Crippen molar-refractivity contribution < 1.29 is 9.18 Å². The zero-order valence-electron chi connectivity index (χ0n) is 10.0. The van der Waals surface area contributed by atoms with Gasteiger partial charge in [-0.05, 0) is 24.3 Å². The fourth-order valence-electron chi connectivity index (χ4n) is 2.09. The van der Waals surface area contributed by atoms with Crippen LogP contribution in [0.2, 0.25) is 0 Å². The number of fused-ring (bicyclic) bond motifs is 1. The third-order valence-electron chi connectivity index (χ3n) is 2.98. The van der Waals surface area contributed by atoms with Crippen LogP contribution in [0, 0.1) is 5.82 Å². The van der Waals surface area contributed by atoms with Crippen LogP contribution in [0.3, 0.4) is 0 Å². The molecule has 0 saturated carbocycles. The van der Waals surface area contributed by atoms with E-state index in [1.807, 2.05) is 12.1 Å². The van der Waals surface area contributed by atoms with E-state index >= 15 is 0 Å². The van der Waals surface area contributed by atoms with Crippen LogP contribution in [0.5, 0.6) is 0 Å². The van der Waals surface area contributed by atoms with E-state index in [0.717, 1.165) is 10.9 Å². The molecule has 2 aromatic carbocycles. The molecule has 0 fully saturated rings. The van der Waals surface area contributed by atoms with Gasteiger partial charge in [0.2, 0.25) is 0 Å². The first-order valence-electron chi connectivity index (χ1n) is 5.90. The van der Waals surface area contributed by atoms with Gasteiger partial charge in [0.1, 0.15) is 5.82 Å². The van der Waals surface area contributed by atoms with Gasteiger partial charge in [0.05, 0.1) is 5.52 Å². The number of ketones is 1. The molecular weight excluding hydrogens is 241 g/mol. The average Bonchev–Trinajstić information content (AvgIpc) is 2.46. The molecule has 0 radical (unpaired) electrons. The second-order valence-electron chi connectivity index (χ2n) is 4.22. The number of rotatable bonds is 2. The Kier molecular flexibility index (Phi) is 2.80. The van der Waals surface area contributed by atoms with Crippen molar-refractivity contribution in [3.63, 3.8) is 0 Å². The highest BCUT2D eigenvalue weighted by molar-refractivity contribution is 6.15. The first kappa shape index (κ1) is 11.5. The quantitative estimate of drug-likeness (QED) is 0.651. The van der Waals surface area contributed by atoms with Crippen LogP contribution in [0.1, 0.15) is 15.9 Å². The Labute approximate surface area is 109 Å². The van der Waals surface area contributed by atoms with Gasteiger partial charge in [0.25, 0.3) is 0 Å². The minimum absolute atomic E-state index is 0.196. The van der Waals surface area contributed by atoms with Crippen LogP contribution in [0.25, 0.3) is 10.9 Å². The van der Waals surface area contributed by atoms with Crippen molar-refractivity contribution in [1.29, 1.82) is 0 Å². The maximum absolute atomic E-state index is 13.2. The summed E-state index contributed by atoms with van der Waals surface area (Å²) < 4.78 is 13.2. The number of carbonyl (C=O) groups is 1. The zero-order valence-corrected chi connectivity index (χ0v) is 10.0. The molecule has 0 spiro atoms. The molecule has 19 heavy (non-hydrogen) atoms. The Morgan fingerprint density at radius 1 is 1.00 bits per heavy atom. The number of pyridine rings is 1. The topological polar surface area (TPSA) is 30.0 Å². The smallest absolute Gasteiger partial charge is 0.193 e. The summed E-state index contributed by atoms with van der Waals surface area (Å²) in [7, 11) is 0. The standard InChI is InChI=1S/C16H10FNO/c17-12-5-1-4-11(10-12)16(19)14-6-2-8-15-13(14)7-3-9-18-15/h1-10H. The average molecular weight is 251 g/mol. The van der Waals surface area contributed by atoms with Crippen LogP contribution in [-0.4, -0.2) is 10.8 Å². The number of hydrogen-bond donors (Lipinski definition) is 0. The lowest BCUT2D eigenvalue weighted by atomic mass is 9.99. The van der Waals surface area contributed by atoms with E-state index < -0.39 is 5.82 Å². The van der Waals surface area contributed by atoms with Gasteiger partial charge in [0.15, 0.2) is 5.78 Å². The molecule has 3 aromatic rings. The molecule has 0 unspecified atom stereocenters. The molecule has 3 heteroatoms. The molecule has 3 rings (SSSR count). The van der Waals surface area contributed by atoms with Gasteiger partial charge in [-0.3, -0.25) is 9.78 Å².